The molecule has 3 atom stereocenters. The molecule has 0 saturated heterocycles. The van der Waals surface area contributed by atoms with Crippen LogP contribution in [0.15, 0.2) is 0 Å². The number of ether oxygens (including phenoxy) is 1. The summed E-state index contributed by atoms with van der Waals surface area (Å²) < 4.78 is 5.38. The molecular weight excluding hydrogens is 214 g/mol. The number of rotatable bonds is 5. The summed E-state index contributed by atoms with van der Waals surface area (Å²) in [4.78, 5) is 11.8. The third kappa shape index (κ3) is 4.66. The molecule has 2 N–H and O–H groups in total. The molecule has 3 nitrogen and oxygen atoms in total. The van der Waals surface area contributed by atoms with E-state index in [1.54, 1.807) is 6.92 Å². The molecule has 0 radical (unpaired) electrons. The first kappa shape index (κ1) is 14.5. The van der Waals surface area contributed by atoms with Crippen LogP contribution in [0.1, 0.15) is 59.3 Å². The summed E-state index contributed by atoms with van der Waals surface area (Å²) in [6, 6.07) is 0. The molecule has 1 saturated carbocycles. The van der Waals surface area contributed by atoms with Gasteiger partial charge in [-0.1, -0.05) is 33.1 Å². The third-order valence-electron chi connectivity index (χ3n) is 3.73. The quantitative estimate of drug-likeness (QED) is 0.753. The van der Waals surface area contributed by atoms with Gasteiger partial charge in [0, 0.05) is 0 Å². The van der Waals surface area contributed by atoms with E-state index in [2.05, 4.69) is 6.92 Å². The molecule has 3 heteroatoms. The van der Waals surface area contributed by atoms with Crippen LogP contribution in [-0.4, -0.2) is 18.1 Å². The number of carbonyl (C=O) groups excluding carboxylic acids is 1. The molecule has 1 aliphatic carbocycles. The minimum absolute atomic E-state index is 0.238. The molecule has 3 unspecified atom stereocenters. The zero-order valence-electron chi connectivity index (χ0n) is 11.5. The van der Waals surface area contributed by atoms with Gasteiger partial charge in [-0.3, -0.25) is 4.79 Å². The second-order valence-electron chi connectivity index (χ2n) is 5.90. The predicted molar refractivity (Wildman–Crippen MR) is 69.6 cm³/mol. The minimum Gasteiger partial charge on any atom is -0.464 e. The Morgan fingerprint density at radius 3 is 2.76 bits per heavy atom. The largest absolute Gasteiger partial charge is 0.464 e. The van der Waals surface area contributed by atoms with Gasteiger partial charge in [-0.05, 0) is 38.0 Å². The van der Waals surface area contributed by atoms with E-state index < -0.39 is 5.54 Å². The lowest BCUT2D eigenvalue weighted by Crippen LogP contribution is -2.46. The summed E-state index contributed by atoms with van der Waals surface area (Å²) in [7, 11) is 0. The average molecular weight is 241 g/mol. The monoisotopic (exact) mass is 241 g/mol. The molecular formula is C14H27NO2. The van der Waals surface area contributed by atoms with E-state index in [0.29, 0.717) is 18.9 Å². The average Bonchev–Trinajstić information content (AvgIpc) is 2.26. The molecule has 0 aliphatic heterocycles. The lowest BCUT2D eigenvalue weighted by atomic mass is 9.83. The number of esters is 1. The summed E-state index contributed by atoms with van der Waals surface area (Å²) in [6.45, 7) is 6.63. The first-order valence-electron chi connectivity index (χ1n) is 6.91. The van der Waals surface area contributed by atoms with Gasteiger partial charge in [0.25, 0.3) is 0 Å². The molecule has 1 rings (SSSR count). The Balaban J connectivity index is 2.32. The van der Waals surface area contributed by atoms with Crippen molar-refractivity contribution in [1.82, 2.24) is 0 Å². The van der Waals surface area contributed by atoms with Crippen molar-refractivity contribution in [2.75, 3.05) is 6.61 Å². The van der Waals surface area contributed by atoms with Gasteiger partial charge in [-0.15, -0.1) is 0 Å². The van der Waals surface area contributed by atoms with Crippen LogP contribution in [-0.2, 0) is 9.53 Å². The van der Waals surface area contributed by atoms with Gasteiger partial charge in [-0.2, -0.15) is 0 Å². The molecule has 0 spiro atoms. The van der Waals surface area contributed by atoms with E-state index in [1.165, 1.54) is 25.7 Å². The second kappa shape index (κ2) is 6.39. The maximum atomic E-state index is 11.8. The van der Waals surface area contributed by atoms with Crippen molar-refractivity contribution in [1.29, 1.82) is 0 Å². The van der Waals surface area contributed by atoms with E-state index >= 15 is 0 Å². The van der Waals surface area contributed by atoms with Crippen LogP contribution in [0.5, 0.6) is 0 Å². The summed E-state index contributed by atoms with van der Waals surface area (Å²) >= 11 is 0. The van der Waals surface area contributed by atoms with Gasteiger partial charge in [-0.25, -0.2) is 0 Å². The zero-order valence-corrected chi connectivity index (χ0v) is 11.5. The lowest BCUT2D eigenvalue weighted by molar-refractivity contribution is -0.151. The van der Waals surface area contributed by atoms with Crippen molar-refractivity contribution in [2.45, 2.75) is 64.8 Å². The number of nitrogens with two attached hydrogens (primary N) is 1. The van der Waals surface area contributed by atoms with Crippen LogP contribution in [0.25, 0.3) is 0 Å². The molecule has 17 heavy (non-hydrogen) atoms. The van der Waals surface area contributed by atoms with Crippen molar-refractivity contribution < 1.29 is 9.53 Å². The Morgan fingerprint density at radius 2 is 2.18 bits per heavy atom. The Morgan fingerprint density at radius 1 is 1.47 bits per heavy atom. The van der Waals surface area contributed by atoms with E-state index in [4.69, 9.17) is 10.5 Å². The molecule has 1 fully saturated rings. The van der Waals surface area contributed by atoms with Crippen LogP contribution in [0.4, 0.5) is 0 Å². The van der Waals surface area contributed by atoms with Gasteiger partial charge in [0.2, 0.25) is 0 Å². The Hall–Kier alpha value is -0.570. The highest BCUT2D eigenvalue weighted by Gasteiger charge is 2.30. The Labute approximate surface area is 105 Å². The number of carbonyl (C=O) groups is 1. The smallest absolute Gasteiger partial charge is 0.325 e. The van der Waals surface area contributed by atoms with Crippen molar-refractivity contribution >= 4 is 5.97 Å². The van der Waals surface area contributed by atoms with Gasteiger partial charge in [0.15, 0.2) is 0 Å². The van der Waals surface area contributed by atoms with Gasteiger partial charge in [0.1, 0.15) is 5.54 Å². The van der Waals surface area contributed by atoms with Crippen molar-refractivity contribution in [3.8, 4) is 0 Å². The van der Waals surface area contributed by atoms with Gasteiger partial charge >= 0.3 is 5.97 Å². The fourth-order valence-corrected chi connectivity index (χ4v) is 2.69. The van der Waals surface area contributed by atoms with E-state index in [-0.39, 0.29) is 5.97 Å². The summed E-state index contributed by atoms with van der Waals surface area (Å²) in [5.74, 6) is 1.07. The van der Waals surface area contributed by atoms with Crippen LogP contribution in [0, 0.1) is 11.8 Å². The fraction of sp³-hybridized carbons (Fsp3) is 0.929. The highest BCUT2D eigenvalue weighted by Crippen LogP contribution is 2.28. The van der Waals surface area contributed by atoms with E-state index in [9.17, 15) is 4.79 Å². The normalized spacial score (nSPS) is 28.5. The van der Waals surface area contributed by atoms with E-state index in [1.807, 2.05) is 6.92 Å². The van der Waals surface area contributed by atoms with Crippen LogP contribution < -0.4 is 5.73 Å². The maximum Gasteiger partial charge on any atom is 0.325 e. The summed E-state index contributed by atoms with van der Waals surface area (Å²) in [5, 5.41) is 0. The minimum atomic E-state index is -0.810. The van der Waals surface area contributed by atoms with Crippen molar-refractivity contribution in [3.05, 3.63) is 0 Å². The topological polar surface area (TPSA) is 52.3 Å². The predicted octanol–water partition coefficient (Wildman–Crippen LogP) is 2.87. The molecule has 0 aromatic carbocycles. The molecule has 0 aromatic heterocycles. The molecule has 100 valence electrons. The highest BCUT2D eigenvalue weighted by atomic mass is 16.5. The first-order valence-corrected chi connectivity index (χ1v) is 6.91. The maximum absolute atomic E-state index is 11.8. The second-order valence-corrected chi connectivity index (χ2v) is 5.90. The molecule has 0 amide bonds. The van der Waals surface area contributed by atoms with Crippen molar-refractivity contribution in [3.63, 3.8) is 0 Å². The first-order chi connectivity index (χ1) is 7.95. The van der Waals surface area contributed by atoms with Crippen LogP contribution >= 0.6 is 0 Å². The SMILES string of the molecule is CCCC(C)(N)C(=O)OCC1CCCC(C)C1. The molecule has 1 aliphatic rings. The number of hydrogen-bond acceptors (Lipinski definition) is 3. The standard InChI is InChI=1S/C14H27NO2/c1-4-8-14(3,15)13(16)17-10-12-7-5-6-11(2)9-12/h11-12H,4-10,15H2,1-3H3. The van der Waals surface area contributed by atoms with Crippen LogP contribution in [0.2, 0.25) is 0 Å². The van der Waals surface area contributed by atoms with Gasteiger partial charge < -0.3 is 10.5 Å². The van der Waals surface area contributed by atoms with E-state index in [0.717, 1.165) is 12.3 Å². The highest BCUT2D eigenvalue weighted by molar-refractivity contribution is 5.79. The molecule has 0 heterocycles. The number of hydrogen-bond donors (Lipinski definition) is 1. The Kier molecular flexibility index (Phi) is 5.44. The summed E-state index contributed by atoms with van der Waals surface area (Å²) in [6.07, 6.45) is 6.54. The van der Waals surface area contributed by atoms with Gasteiger partial charge in [0.05, 0.1) is 6.61 Å². The lowest BCUT2D eigenvalue weighted by Gasteiger charge is -2.28. The van der Waals surface area contributed by atoms with Crippen molar-refractivity contribution in [2.24, 2.45) is 17.6 Å². The molecule has 0 aromatic rings. The third-order valence-corrected chi connectivity index (χ3v) is 3.73. The zero-order chi connectivity index (χ0) is 12.9. The molecule has 0 bridgehead atoms. The van der Waals surface area contributed by atoms with Crippen LogP contribution in [0.3, 0.4) is 0 Å². The summed E-state index contributed by atoms with van der Waals surface area (Å²) in [5.41, 5.74) is 5.13. The Bertz CT molecular complexity index is 251. The fourth-order valence-electron chi connectivity index (χ4n) is 2.69.